The van der Waals surface area contributed by atoms with Crippen LogP contribution in [0, 0.1) is 0 Å². The Bertz CT molecular complexity index is 372. The molecule has 0 radical (unpaired) electrons. The number of hydrogen-bond donors (Lipinski definition) is 1. The van der Waals surface area contributed by atoms with Crippen LogP contribution in [0.1, 0.15) is 0 Å². The molecule has 1 N–H and O–H groups in total. The summed E-state index contributed by atoms with van der Waals surface area (Å²) in [6.45, 7) is -0.131. The standard InChI is InChI=1S/C8H13NO6S/c1-14-7(10)3-4-8(11)15-6-5-9-16(2,12)13/h3-4,9H,5-6H2,1-2H3/b4-3+. The Morgan fingerprint density at radius 1 is 1.25 bits per heavy atom. The predicted octanol–water partition coefficient (Wildman–Crippen LogP) is -1.19. The number of carbonyl (C=O) groups excluding carboxylic acids is 2. The van der Waals surface area contributed by atoms with Crippen LogP contribution in [0.15, 0.2) is 12.2 Å². The minimum Gasteiger partial charge on any atom is -0.466 e. The third-order valence-electron chi connectivity index (χ3n) is 1.27. The molecule has 0 amide bonds. The van der Waals surface area contributed by atoms with Gasteiger partial charge in [-0.15, -0.1) is 0 Å². The lowest BCUT2D eigenvalue weighted by molar-refractivity contribution is -0.139. The summed E-state index contributed by atoms with van der Waals surface area (Å²) in [4.78, 5) is 21.5. The van der Waals surface area contributed by atoms with Crippen LogP contribution in [0.5, 0.6) is 0 Å². The molecule has 0 spiro atoms. The Labute approximate surface area is 93.5 Å². The molecule has 0 saturated heterocycles. The molecule has 7 nitrogen and oxygen atoms in total. The summed E-state index contributed by atoms with van der Waals surface area (Å²) in [6.07, 6.45) is 2.80. The zero-order chi connectivity index (χ0) is 12.6. The van der Waals surface area contributed by atoms with E-state index in [0.717, 1.165) is 18.4 Å². The van der Waals surface area contributed by atoms with Gasteiger partial charge in [0.15, 0.2) is 0 Å². The van der Waals surface area contributed by atoms with Crippen molar-refractivity contribution in [2.75, 3.05) is 26.5 Å². The van der Waals surface area contributed by atoms with E-state index in [2.05, 4.69) is 14.2 Å². The van der Waals surface area contributed by atoms with Crippen LogP contribution in [0.3, 0.4) is 0 Å². The van der Waals surface area contributed by atoms with Crippen molar-refractivity contribution in [3.8, 4) is 0 Å². The molecule has 0 aromatic rings. The number of ether oxygens (including phenoxy) is 2. The van der Waals surface area contributed by atoms with E-state index < -0.39 is 22.0 Å². The lowest BCUT2D eigenvalue weighted by Crippen LogP contribution is -2.26. The summed E-state index contributed by atoms with van der Waals surface area (Å²) < 4.78 is 32.2. The number of sulfonamides is 1. The van der Waals surface area contributed by atoms with Crippen LogP contribution in [0.25, 0.3) is 0 Å². The van der Waals surface area contributed by atoms with Crippen molar-refractivity contribution in [1.82, 2.24) is 4.72 Å². The maximum Gasteiger partial charge on any atom is 0.331 e. The molecule has 0 bridgehead atoms. The number of carbonyl (C=O) groups is 2. The van der Waals surface area contributed by atoms with Gasteiger partial charge in [0.05, 0.1) is 13.4 Å². The van der Waals surface area contributed by atoms with Gasteiger partial charge in [-0.05, 0) is 0 Å². The molecule has 0 aliphatic rings. The summed E-state index contributed by atoms with van der Waals surface area (Å²) >= 11 is 0. The Kier molecular flexibility index (Phi) is 6.35. The van der Waals surface area contributed by atoms with E-state index >= 15 is 0 Å². The molecule has 8 heteroatoms. The Morgan fingerprint density at radius 2 is 1.81 bits per heavy atom. The van der Waals surface area contributed by atoms with Gasteiger partial charge in [-0.2, -0.15) is 0 Å². The molecule has 92 valence electrons. The normalized spacial score (nSPS) is 11.4. The molecule has 0 rings (SSSR count). The van der Waals surface area contributed by atoms with Gasteiger partial charge in [-0.3, -0.25) is 0 Å². The molecule has 0 fully saturated rings. The first-order valence-corrected chi connectivity index (χ1v) is 6.11. The first kappa shape index (κ1) is 14.6. The fraction of sp³-hybridized carbons (Fsp3) is 0.500. The van der Waals surface area contributed by atoms with E-state index in [1.807, 2.05) is 0 Å². The van der Waals surface area contributed by atoms with Crippen molar-refractivity contribution in [3.63, 3.8) is 0 Å². The summed E-state index contributed by atoms with van der Waals surface area (Å²) in [6, 6.07) is 0. The number of rotatable bonds is 6. The van der Waals surface area contributed by atoms with Gasteiger partial charge in [0.2, 0.25) is 10.0 Å². The molecule has 0 atom stereocenters. The highest BCUT2D eigenvalue weighted by Gasteiger charge is 2.02. The minimum absolute atomic E-state index is 0.0172. The second-order valence-corrected chi connectivity index (χ2v) is 4.52. The van der Waals surface area contributed by atoms with Gasteiger partial charge in [0.1, 0.15) is 6.61 Å². The van der Waals surface area contributed by atoms with Crippen LogP contribution < -0.4 is 4.72 Å². The second kappa shape index (κ2) is 6.96. The van der Waals surface area contributed by atoms with E-state index in [4.69, 9.17) is 0 Å². The summed E-state index contributed by atoms with van der Waals surface area (Å²) in [7, 11) is -2.11. The molecule has 0 aromatic carbocycles. The molecular formula is C8H13NO6S. The first-order chi connectivity index (χ1) is 7.35. The zero-order valence-electron chi connectivity index (χ0n) is 8.93. The van der Waals surface area contributed by atoms with Crippen molar-refractivity contribution >= 4 is 22.0 Å². The van der Waals surface area contributed by atoms with Crippen LogP contribution in [0.2, 0.25) is 0 Å². The van der Waals surface area contributed by atoms with Gasteiger partial charge in [-0.1, -0.05) is 0 Å². The molecular weight excluding hydrogens is 238 g/mol. The quantitative estimate of drug-likeness (QED) is 0.362. The molecule has 0 heterocycles. The highest BCUT2D eigenvalue weighted by atomic mass is 32.2. The first-order valence-electron chi connectivity index (χ1n) is 4.22. The highest BCUT2D eigenvalue weighted by molar-refractivity contribution is 7.88. The van der Waals surface area contributed by atoms with Crippen LogP contribution in [-0.4, -0.2) is 46.9 Å². The van der Waals surface area contributed by atoms with Crippen molar-refractivity contribution in [2.45, 2.75) is 0 Å². The fourth-order valence-electron chi connectivity index (χ4n) is 0.631. The SMILES string of the molecule is COC(=O)/C=C/C(=O)OCCNS(C)(=O)=O. The Morgan fingerprint density at radius 3 is 2.31 bits per heavy atom. The van der Waals surface area contributed by atoms with Gasteiger partial charge in [-0.25, -0.2) is 22.7 Å². The third-order valence-corrected chi connectivity index (χ3v) is 2.00. The maximum absolute atomic E-state index is 10.9. The Hall–Kier alpha value is -1.41. The molecule has 0 unspecified atom stereocenters. The van der Waals surface area contributed by atoms with Gasteiger partial charge >= 0.3 is 11.9 Å². The Balaban J connectivity index is 3.75. The molecule has 0 aliphatic heterocycles. The van der Waals surface area contributed by atoms with Crippen molar-refractivity contribution in [2.24, 2.45) is 0 Å². The summed E-state index contributed by atoms with van der Waals surface area (Å²) in [5.41, 5.74) is 0. The summed E-state index contributed by atoms with van der Waals surface area (Å²) in [5.74, 6) is -1.42. The molecule has 0 saturated carbocycles. The van der Waals surface area contributed by atoms with Crippen LogP contribution >= 0.6 is 0 Å². The molecule has 16 heavy (non-hydrogen) atoms. The molecule has 0 aromatic heterocycles. The minimum atomic E-state index is -3.29. The fourth-order valence-corrected chi connectivity index (χ4v) is 1.09. The third kappa shape index (κ3) is 9.16. The number of esters is 2. The monoisotopic (exact) mass is 251 g/mol. The number of methoxy groups -OCH3 is 1. The van der Waals surface area contributed by atoms with Crippen LogP contribution in [0.4, 0.5) is 0 Å². The van der Waals surface area contributed by atoms with Gasteiger partial charge < -0.3 is 9.47 Å². The van der Waals surface area contributed by atoms with E-state index in [0.29, 0.717) is 0 Å². The smallest absolute Gasteiger partial charge is 0.331 e. The number of nitrogens with one attached hydrogen (secondary N) is 1. The lowest BCUT2D eigenvalue weighted by atomic mass is 10.5. The van der Waals surface area contributed by atoms with E-state index in [-0.39, 0.29) is 13.2 Å². The topological polar surface area (TPSA) is 98.8 Å². The highest BCUT2D eigenvalue weighted by Crippen LogP contribution is 1.84. The predicted molar refractivity (Wildman–Crippen MR) is 55.0 cm³/mol. The van der Waals surface area contributed by atoms with Crippen molar-refractivity contribution < 1.29 is 27.5 Å². The van der Waals surface area contributed by atoms with E-state index in [1.165, 1.54) is 7.11 Å². The van der Waals surface area contributed by atoms with Crippen molar-refractivity contribution in [1.29, 1.82) is 0 Å². The van der Waals surface area contributed by atoms with Gasteiger partial charge in [0.25, 0.3) is 0 Å². The van der Waals surface area contributed by atoms with Gasteiger partial charge in [0, 0.05) is 18.7 Å². The maximum atomic E-state index is 10.9. The van der Waals surface area contributed by atoms with E-state index in [1.54, 1.807) is 0 Å². The van der Waals surface area contributed by atoms with Crippen molar-refractivity contribution in [3.05, 3.63) is 12.2 Å². The second-order valence-electron chi connectivity index (χ2n) is 2.69. The summed E-state index contributed by atoms with van der Waals surface area (Å²) in [5, 5.41) is 0. The zero-order valence-corrected chi connectivity index (χ0v) is 9.74. The average molecular weight is 251 g/mol. The lowest BCUT2D eigenvalue weighted by Gasteiger charge is -2.02. The van der Waals surface area contributed by atoms with Crippen LogP contribution in [-0.2, 0) is 29.1 Å². The largest absolute Gasteiger partial charge is 0.466 e. The number of hydrogen-bond acceptors (Lipinski definition) is 6. The van der Waals surface area contributed by atoms with E-state index in [9.17, 15) is 18.0 Å². The molecule has 0 aliphatic carbocycles. The average Bonchev–Trinajstić information content (AvgIpc) is 2.19.